The maximum atomic E-state index is 12.2. The average Bonchev–Trinajstić information content (AvgIpc) is 3.01. The van der Waals surface area contributed by atoms with E-state index in [2.05, 4.69) is 22.2 Å². The first-order valence-electron chi connectivity index (χ1n) is 10.4. The molecule has 7 nitrogen and oxygen atoms in total. The van der Waals surface area contributed by atoms with Crippen molar-refractivity contribution in [2.45, 2.75) is 58.9 Å². The van der Waals surface area contributed by atoms with Gasteiger partial charge < -0.3 is 10.2 Å². The summed E-state index contributed by atoms with van der Waals surface area (Å²) in [7, 11) is 0. The predicted octanol–water partition coefficient (Wildman–Crippen LogP) is 1.95. The van der Waals surface area contributed by atoms with E-state index in [9.17, 15) is 9.59 Å². The zero-order valence-electron chi connectivity index (χ0n) is 16.7. The molecular weight excluding hydrogens is 342 g/mol. The van der Waals surface area contributed by atoms with Crippen LogP contribution in [0.2, 0.25) is 0 Å². The van der Waals surface area contributed by atoms with Crippen LogP contribution in [0.4, 0.5) is 5.82 Å². The number of anilines is 1. The summed E-state index contributed by atoms with van der Waals surface area (Å²) >= 11 is 0. The Balaban J connectivity index is 1.32. The Morgan fingerprint density at radius 2 is 2.15 bits per heavy atom. The van der Waals surface area contributed by atoms with Gasteiger partial charge in [0.25, 0.3) is 0 Å². The van der Waals surface area contributed by atoms with E-state index in [1.54, 1.807) is 4.90 Å². The molecule has 1 fully saturated rings. The highest BCUT2D eigenvalue weighted by Crippen LogP contribution is 2.22. The van der Waals surface area contributed by atoms with Crippen molar-refractivity contribution in [2.75, 3.05) is 37.6 Å². The maximum absolute atomic E-state index is 12.2. The summed E-state index contributed by atoms with van der Waals surface area (Å²) < 4.78 is 1.89. The Morgan fingerprint density at radius 3 is 2.96 bits per heavy atom. The summed E-state index contributed by atoms with van der Waals surface area (Å²) in [5.41, 5.74) is 0.922. The van der Waals surface area contributed by atoms with E-state index in [0.29, 0.717) is 32.4 Å². The fourth-order valence-electron chi connectivity index (χ4n) is 4.12. The molecule has 0 unspecified atom stereocenters. The number of rotatable bonds is 8. The lowest BCUT2D eigenvalue weighted by Crippen LogP contribution is -2.38. The molecule has 0 aliphatic carbocycles. The summed E-state index contributed by atoms with van der Waals surface area (Å²) in [6.07, 6.45) is 5.24. The number of hydrogen-bond acceptors (Lipinski definition) is 4. The molecule has 1 atom stereocenters. The molecule has 2 aliphatic rings. The minimum absolute atomic E-state index is 0.0798. The number of aromatic nitrogens is 2. The van der Waals surface area contributed by atoms with Gasteiger partial charge in [-0.2, -0.15) is 5.10 Å². The van der Waals surface area contributed by atoms with Crippen LogP contribution in [0.25, 0.3) is 0 Å². The minimum atomic E-state index is 0.0798. The third kappa shape index (κ3) is 5.54. The van der Waals surface area contributed by atoms with Gasteiger partial charge in [-0.15, -0.1) is 0 Å². The molecule has 1 aromatic heterocycles. The summed E-state index contributed by atoms with van der Waals surface area (Å²) in [4.78, 5) is 28.6. The fourth-order valence-corrected chi connectivity index (χ4v) is 4.12. The standard InChI is InChI=1S/C20H33N5O2/c1-16-6-3-10-23(15-16)11-5-9-21-18(26)7-4-12-24-19-14-17(2)22-25(19)13-8-20(24)27/h14,16H,3-13,15H2,1-2H3,(H,21,26)/t16-/m0/s1. The smallest absolute Gasteiger partial charge is 0.229 e. The first kappa shape index (κ1) is 19.9. The summed E-state index contributed by atoms with van der Waals surface area (Å²) in [6.45, 7) is 9.65. The van der Waals surface area contributed by atoms with Crippen LogP contribution in [0.1, 0.15) is 51.1 Å². The molecule has 27 heavy (non-hydrogen) atoms. The first-order chi connectivity index (χ1) is 13.0. The van der Waals surface area contributed by atoms with E-state index in [4.69, 9.17) is 0 Å². The Kier molecular flexibility index (Phi) is 6.88. The van der Waals surface area contributed by atoms with Crippen LogP contribution in [0, 0.1) is 12.8 Å². The SMILES string of the molecule is Cc1cc2n(n1)CCC(=O)N2CCCC(=O)NCCCN1CCC[C@H](C)C1. The molecule has 3 rings (SSSR count). The molecule has 1 N–H and O–H groups in total. The number of likely N-dealkylation sites (tertiary alicyclic amines) is 1. The quantitative estimate of drug-likeness (QED) is 0.705. The van der Waals surface area contributed by atoms with E-state index < -0.39 is 0 Å². The molecule has 0 radical (unpaired) electrons. The van der Waals surface area contributed by atoms with Crippen LogP contribution in [-0.4, -0.2) is 59.2 Å². The number of amides is 2. The second-order valence-corrected chi connectivity index (χ2v) is 8.02. The van der Waals surface area contributed by atoms with Gasteiger partial charge >= 0.3 is 0 Å². The number of hydrogen-bond donors (Lipinski definition) is 1. The van der Waals surface area contributed by atoms with Crippen molar-refractivity contribution >= 4 is 17.6 Å². The van der Waals surface area contributed by atoms with Crippen LogP contribution in [0.15, 0.2) is 6.07 Å². The van der Waals surface area contributed by atoms with Crippen LogP contribution >= 0.6 is 0 Å². The lowest BCUT2D eigenvalue weighted by Gasteiger charge is -2.30. The van der Waals surface area contributed by atoms with Gasteiger partial charge in [0.15, 0.2) is 0 Å². The molecule has 7 heteroatoms. The summed E-state index contributed by atoms with van der Waals surface area (Å²) in [6, 6.07) is 1.94. The monoisotopic (exact) mass is 375 g/mol. The van der Waals surface area contributed by atoms with Gasteiger partial charge in [-0.25, -0.2) is 4.68 Å². The van der Waals surface area contributed by atoms with E-state index >= 15 is 0 Å². The van der Waals surface area contributed by atoms with Gasteiger partial charge in [0.1, 0.15) is 5.82 Å². The third-order valence-electron chi connectivity index (χ3n) is 5.50. The van der Waals surface area contributed by atoms with E-state index in [1.165, 1.54) is 25.9 Å². The lowest BCUT2D eigenvalue weighted by atomic mass is 10.0. The normalized spacial score (nSPS) is 20.6. The van der Waals surface area contributed by atoms with Crippen molar-refractivity contribution in [1.29, 1.82) is 0 Å². The topological polar surface area (TPSA) is 70.5 Å². The van der Waals surface area contributed by atoms with Gasteiger partial charge in [-0.05, 0) is 51.6 Å². The zero-order chi connectivity index (χ0) is 19.2. The van der Waals surface area contributed by atoms with Crippen LogP contribution in [-0.2, 0) is 16.1 Å². The Labute approximate surface area is 162 Å². The van der Waals surface area contributed by atoms with E-state index in [-0.39, 0.29) is 11.8 Å². The van der Waals surface area contributed by atoms with E-state index in [0.717, 1.165) is 36.9 Å². The van der Waals surface area contributed by atoms with Crippen LogP contribution < -0.4 is 10.2 Å². The molecule has 1 aromatic rings. The molecule has 3 heterocycles. The highest BCUT2D eigenvalue weighted by Gasteiger charge is 2.25. The Hall–Kier alpha value is -1.89. The zero-order valence-corrected chi connectivity index (χ0v) is 16.7. The highest BCUT2D eigenvalue weighted by atomic mass is 16.2. The molecule has 1 saturated heterocycles. The predicted molar refractivity (Wildman–Crippen MR) is 106 cm³/mol. The Bertz CT molecular complexity index is 657. The number of piperidine rings is 1. The summed E-state index contributed by atoms with van der Waals surface area (Å²) in [5.74, 6) is 1.86. The van der Waals surface area contributed by atoms with Gasteiger partial charge in [0.2, 0.25) is 11.8 Å². The molecule has 2 aliphatic heterocycles. The molecule has 0 bridgehead atoms. The lowest BCUT2D eigenvalue weighted by molar-refractivity contribution is -0.122. The fraction of sp³-hybridized carbons (Fsp3) is 0.750. The number of fused-ring (bicyclic) bond motifs is 1. The third-order valence-corrected chi connectivity index (χ3v) is 5.50. The molecule has 0 spiro atoms. The first-order valence-corrected chi connectivity index (χ1v) is 10.4. The Morgan fingerprint density at radius 1 is 1.30 bits per heavy atom. The number of nitrogens with one attached hydrogen (secondary N) is 1. The van der Waals surface area contributed by atoms with Gasteiger partial charge in [0.05, 0.1) is 12.2 Å². The highest BCUT2D eigenvalue weighted by molar-refractivity contribution is 5.93. The van der Waals surface area contributed by atoms with Gasteiger partial charge in [0, 0.05) is 38.5 Å². The minimum Gasteiger partial charge on any atom is -0.356 e. The number of aryl methyl sites for hydroxylation is 2. The second-order valence-electron chi connectivity index (χ2n) is 8.02. The molecule has 2 amide bonds. The average molecular weight is 376 g/mol. The van der Waals surface area contributed by atoms with Crippen molar-refractivity contribution < 1.29 is 9.59 Å². The van der Waals surface area contributed by atoms with Crippen molar-refractivity contribution in [1.82, 2.24) is 20.0 Å². The molecule has 0 saturated carbocycles. The number of carbonyl (C=O) groups excluding carboxylic acids is 2. The van der Waals surface area contributed by atoms with Gasteiger partial charge in [-0.1, -0.05) is 6.92 Å². The molecule has 0 aromatic carbocycles. The van der Waals surface area contributed by atoms with Crippen molar-refractivity contribution in [3.63, 3.8) is 0 Å². The van der Waals surface area contributed by atoms with Crippen molar-refractivity contribution in [3.05, 3.63) is 11.8 Å². The maximum Gasteiger partial charge on any atom is 0.229 e. The molecule has 150 valence electrons. The van der Waals surface area contributed by atoms with E-state index in [1.807, 2.05) is 17.7 Å². The summed E-state index contributed by atoms with van der Waals surface area (Å²) in [5, 5.41) is 7.43. The van der Waals surface area contributed by atoms with Crippen LogP contribution in [0.5, 0.6) is 0 Å². The number of carbonyl (C=O) groups is 2. The largest absolute Gasteiger partial charge is 0.356 e. The van der Waals surface area contributed by atoms with Crippen molar-refractivity contribution in [2.24, 2.45) is 5.92 Å². The van der Waals surface area contributed by atoms with Crippen molar-refractivity contribution in [3.8, 4) is 0 Å². The molecular formula is C20H33N5O2. The second kappa shape index (κ2) is 9.35. The van der Waals surface area contributed by atoms with Gasteiger partial charge in [-0.3, -0.25) is 14.5 Å². The number of nitrogens with zero attached hydrogens (tertiary/aromatic N) is 4. The van der Waals surface area contributed by atoms with Crippen LogP contribution in [0.3, 0.4) is 0 Å².